The van der Waals surface area contributed by atoms with E-state index in [4.69, 9.17) is 11.6 Å². The number of halogens is 1. The van der Waals surface area contributed by atoms with Crippen LogP contribution in [0, 0.1) is 5.92 Å². The van der Waals surface area contributed by atoms with Crippen LogP contribution in [0.15, 0.2) is 0 Å². The second-order valence-electron chi connectivity index (χ2n) is 5.04. The summed E-state index contributed by atoms with van der Waals surface area (Å²) in [6.07, 6.45) is 2.15. The molecule has 0 aromatic heterocycles. The zero-order chi connectivity index (χ0) is 13.1. The molecular formula is C11H23ClN2O2S. The molecule has 6 heteroatoms. The number of hydrogen-bond donors (Lipinski definition) is 0. The molecule has 1 aliphatic rings. The zero-order valence-corrected chi connectivity index (χ0v) is 12.5. The van der Waals surface area contributed by atoms with Crippen LogP contribution < -0.4 is 0 Å². The molecule has 0 spiro atoms. The molecule has 102 valence electrons. The van der Waals surface area contributed by atoms with Crippen molar-refractivity contribution in [2.45, 2.75) is 25.0 Å². The van der Waals surface area contributed by atoms with E-state index in [-0.39, 0.29) is 5.88 Å². The Morgan fingerprint density at radius 1 is 1.41 bits per heavy atom. The molecule has 0 saturated carbocycles. The van der Waals surface area contributed by atoms with Gasteiger partial charge in [-0.05, 0) is 45.8 Å². The highest BCUT2D eigenvalue weighted by atomic mass is 35.5. The monoisotopic (exact) mass is 282 g/mol. The van der Waals surface area contributed by atoms with Crippen LogP contribution in [0.5, 0.6) is 0 Å². The summed E-state index contributed by atoms with van der Waals surface area (Å²) in [7, 11) is 0.553. The third kappa shape index (κ3) is 4.09. The molecule has 1 atom stereocenters. The van der Waals surface area contributed by atoms with Crippen LogP contribution in [-0.4, -0.2) is 62.5 Å². The summed E-state index contributed by atoms with van der Waals surface area (Å²) in [5.41, 5.74) is 0. The molecule has 1 rings (SSSR count). The maximum absolute atomic E-state index is 12.0. The van der Waals surface area contributed by atoms with Gasteiger partial charge in [0.2, 0.25) is 10.0 Å². The Morgan fingerprint density at radius 2 is 1.94 bits per heavy atom. The van der Waals surface area contributed by atoms with E-state index in [0.29, 0.717) is 12.5 Å². The largest absolute Gasteiger partial charge is 0.306 e. The first-order chi connectivity index (χ1) is 7.87. The van der Waals surface area contributed by atoms with Crippen LogP contribution in [0.1, 0.15) is 19.8 Å². The Labute approximate surface area is 110 Å². The lowest BCUT2D eigenvalue weighted by Gasteiger charge is -2.32. The number of sulfonamides is 1. The first kappa shape index (κ1) is 15.2. The van der Waals surface area contributed by atoms with Crippen LogP contribution in [0.3, 0.4) is 0 Å². The highest BCUT2D eigenvalue weighted by Crippen LogP contribution is 2.19. The van der Waals surface area contributed by atoms with Gasteiger partial charge in [-0.25, -0.2) is 12.7 Å². The molecule has 0 aromatic rings. The van der Waals surface area contributed by atoms with Gasteiger partial charge in [0.25, 0.3) is 0 Å². The lowest BCUT2D eigenvalue weighted by atomic mass is 9.97. The number of alkyl halides is 1. The van der Waals surface area contributed by atoms with Crippen molar-refractivity contribution in [1.29, 1.82) is 0 Å². The van der Waals surface area contributed by atoms with Gasteiger partial charge in [0.05, 0.1) is 5.25 Å². The Bertz CT molecular complexity index is 326. The van der Waals surface area contributed by atoms with Crippen LogP contribution in [0.4, 0.5) is 0 Å². The van der Waals surface area contributed by atoms with Crippen LogP contribution >= 0.6 is 11.6 Å². The Balaban J connectivity index is 2.51. The molecule has 0 N–H and O–H groups in total. The summed E-state index contributed by atoms with van der Waals surface area (Å²) in [6.45, 7) is 4.40. The third-order valence-corrected chi connectivity index (χ3v) is 6.36. The smallest absolute Gasteiger partial charge is 0.217 e. The average Bonchev–Trinajstić information content (AvgIpc) is 2.30. The first-order valence-electron chi connectivity index (χ1n) is 6.07. The van der Waals surface area contributed by atoms with E-state index in [2.05, 4.69) is 11.9 Å². The van der Waals surface area contributed by atoms with E-state index in [1.165, 1.54) is 4.31 Å². The fourth-order valence-corrected chi connectivity index (χ4v) is 3.77. The molecule has 0 amide bonds. The molecule has 4 nitrogen and oxygen atoms in total. The van der Waals surface area contributed by atoms with Crippen molar-refractivity contribution < 1.29 is 8.42 Å². The Kier molecular flexibility index (Phi) is 5.70. The molecule has 1 heterocycles. The van der Waals surface area contributed by atoms with Gasteiger partial charge in [0.1, 0.15) is 0 Å². The van der Waals surface area contributed by atoms with Gasteiger partial charge in [-0.2, -0.15) is 0 Å². The maximum Gasteiger partial charge on any atom is 0.217 e. The quantitative estimate of drug-likeness (QED) is 0.712. The highest BCUT2D eigenvalue weighted by Gasteiger charge is 2.28. The topological polar surface area (TPSA) is 40.6 Å². The van der Waals surface area contributed by atoms with Crippen LogP contribution in [-0.2, 0) is 10.0 Å². The third-order valence-electron chi connectivity index (χ3n) is 3.51. The molecule has 0 bridgehead atoms. The summed E-state index contributed by atoms with van der Waals surface area (Å²) < 4.78 is 25.5. The summed E-state index contributed by atoms with van der Waals surface area (Å²) in [5.74, 6) is 0.633. The highest BCUT2D eigenvalue weighted by molar-refractivity contribution is 7.89. The summed E-state index contributed by atoms with van der Waals surface area (Å²) in [5, 5.41) is -0.500. The van der Waals surface area contributed by atoms with E-state index in [1.807, 2.05) is 0 Å². The minimum atomic E-state index is -3.21. The van der Waals surface area contributed by atoms with Gasteiger partial charge in [-0.1, -0.05) is 0 Å². The van der Waals surface area contributed by atoms with Crippen molar-refractivity contribution in [3.63, 3.8) is 0 Å². The van der Waals surface area contributed by atoms with Gasteiger partial charge in [-0.15, -0.1) is 11.6 Å². The fourth-order valence-electron chi connectivity index (χ4n) is 2.10. The van der Waals surface area contributed by atoms with E-state index in [9.17, 15) is 8.42 Å². The molecule has 1 fully saturated rings. The molecule has 0 radical (unpaired) electrons. The number of likely N-dealkylation sites (tertiary alicyclic amines) is 1. The molecule has 17 heavy (non-hydrogen) atoms. The van der Waals surface area contributed by atoms with Gasteiger partial charge < -0.3 is 4.90 Å². The normalized spacial score (nSPS) is 21.9. The molecular weight excluding hydrogens is 260 g/mol. The van der Waals surface area contributed by atoms with E-state index in [1.54, 1.807) is 14.0 Å². The number of piperidine rings is 1. The van der Waals surface area contributed by atoms with Crippen molar-refractivity contribution in [3.05, 3.63) is 0 Å². The van der Waals surface area contributed by atoms with Crippen molar-refractivity contribution >= 4 is 21.6 Å². The average molecular weight is 283 g/mol. The molecule has 0 aliphatic carbocycles. The van der Waals surface area contributed by atoms with Crippen molar-refractivity contribution in [3.8, 4) is 0 Å². The number of rotatable bonds is 5. The second-order valence-corrected chi connectivity index (χ2v) is 7.80. The summed E-state index contributed by atoms with van der Waals surface area (Å²) in [6, 6.07) is 0. The second kappa shape index (κ2) is 6.36. The van der Waals surface area contributed by atoms with Gasteiger partial charge in [0, 0.05) is 19.5 Å². The minimum Gasteiger partial charge on any atom is -0.306 e. The summed E-state index contributed by atoms with van der Waals surface area (Å²) >= 11 is 5.63. The van der Waals surface area contributed by atoms with Crippen molar-refractivity contribution in [2.24, 2.45) is 5.92 Å². The number of hydrogen-bond acceptors (Lipinski definition) is 3. The van der Waals surface area contributed by atoms with Crippen molar-refractivity contribution in [2.75, 3.05) is 39.6 Å². The van der Waals surface area contributed by atoms with Crippen molar-refractivity contribution in [1.82, 2.24) is 9.21 Å². The van der Waals surface area contributed by atoms with E-state index < -0.39 is 15.3 Å². The molecule has 1 saturated heterocycles. The first-order valence-corrected chi connectivity index (χ1v) is 8.11. The van der Waals surface area contributed by atoms with Gasteiger partial charge >= 0.3 is 0 Å². The lowest BCUT2D eigenvalue weighted by Crippen LogP contribution is -2.41. The molecule has 0 aromatic carbocycles. The predicted molar refractivity (Wildman–Crippen MR) is 72.0 cm³/mol. The fraction of sp³-hybridized carbons (Fsp3) is 1.00. The Hall–Kier alpha value is 0.160. The predicted octanol–water partition coefficient (Wildman–Crippen LogP) is 1.22. The maximum atomic E-state index is 12.0. The number of nitrogens with zero attached hydrogens (tertiary/aromatic N) is 2. The minimum absolute atomic E-state index is 0.153. The van der Waals surface area contributed by atoms with E-state index >= 15 is 0 Å². The summed E-state index contributed by atoms with van der Waals surface area (Å²) in [4.78, 5) is 2.28. The standard InChI is InChI=1S/C11H23ClN2O2S/c1-10(8-12)17(15,16)14(3)9-11-4-6-13(2)7-5-11/h10-11H,4-9H2,1-3H3. The van der Waals surface area contributed by atoms with Gasteiger partial charge in [0.15, 0.2) is 0 Å². The zero-order valence-electron chi connectivity index (χ0n) is 10.9. The lowest BCUT2D eigenvalue weighted by molar-refractivity contribution is 0.202. The SMILES string of the molecule is CC(CCl)S(=O)(=O)N(C)CC1CCN(C)CC1. The molecule has 1 aliphatic heterocycles. The van der Waals surface area contributed by atoms with Crippen LogP contribution in [0.25, 0.3) is 0 Å². The van der Waals surface area contributed by atoms with Crippen LogP contribution in [0.2, 0.25) is 0 Å². The Morgan fingerprint density at radius 3 is 2.41 bits per heavy atom. The van der Waals surface area contributed by atoms with Gasteiger partial charge in [-0.3, -0.25) is 0 Å². The molecule has 1 unspecified atom stereocenters. The van der Waals surface area contributed by atoms with E-state index in [0.717, 1.165) is 25.9 Å².